The fourth-order valence-corrected chi connectivity index (χ4v) is 9.00. The highest BCUT2D eigenvalue weighted by atomic mass is 16.2. The van der Waals surface area contributed by atoms with E-state index in [1.54, 1.807) is 6.21 Å². The van der Waals surface area contributed by atoms with Crippen LogP contribution in [0.4, 0.5) is 5.69 Å². The van der Waals surface area contributed by atoms with Crippen LogP contribution in [0.15, 0.2) is 84.0 Å². The molecule has 6 nitrogen and oxygen atoms in total. The molecule has 1 saturated heterocycles. The Labute approximate surface area is 233 Å². The zero-order valence-electron chi connectivity index (χ0n) is 22.4. The van der Waals surface area contributed by atoms with Crippen LogP contribution in [0.3, 0.4) is 0 Å². The van der Waals surface area contributed by atoms with E-state index >= 15 is 0 Å². The lowest BCUT2D eigenvalue weighted by Gasteiger charge is -2.52. The number of fused-ring (bicyclic) bond motifs is 1. The number of rotatable bonds is 4. The first-order valence-electron chi connectivity index (χ1n) is 14.4. The Morgan fingerprint density at radius 3 is 2.20 bits per heavy atom. The summed E-state index contributed by atoms with van der Waals surface area (Å²) in [5.41, 5.74) is 6.65. The number of hydrogen-bond donors (Lipinski definition) is 1. The van der Waals surface area contributed by atoms with Crippen LogP contribution in [0.2, 0.25) is 0 Å². The van der Waals surface area contributed by atoms with Crippen molar-refractivity contribution in [2.75, 3.05) is 4.90 Å². The third-order valence-corrected chi connectivity index (χ3v) is 10.8. The van der Waals surface area contributed by atoms with Crippen molar-refractivity contribution in [1.82, 2.24) is 5.43 Å². The number of carbonyl (C=O) groups excluding carboxylic acids is 3. The number of imide groups is 1. The second-order valence-corrected chi connectivity index (χ2v) is 12.4. The molecule has 0 radical (unpaired) electrons. The number of nitrogens with one attached hydrogen (secondary N) is 1. The van der Waals surface area contributed by atoms with E-state index in [0.717, 1.165) is 35.1 Å². The topological polar surface area (TPSA) is 78.8 Å². The van der Waals surface area contributed by atoms with Gasteiger partial charge in [0.05, 0.1) is 22.9 Å². The van der Waals surface area contributed by atoms with E-state index in [4.69, 9.17) is 0 Å². The quantitative estimate of drug-likeness (QED) is 0.288. The highest BCUT2D eigenvalue weighted by Crippen LogP contribution is 2.66. The molecule has 6 heteroatoms. The van der Waals surface area contributed by atoms with Gasteiger partial charge in [-0.3, -0.25) is 14.4 Å². The van der Waals surface area contributed by atoms with Gasteiger partial charge in [0.25, 0.3) is 0 Å². The molecular formula is C34H31N3O3. The van der Waals surface area contributed by atoms with Crippen LogP contribution in [0.25, 0.3) is 0 Å². The first-order valence-corrected chi connectivity index (χ1v) is 14.4. The normalized spacial score (nSPS) is 34.7. The van der Waals surface area contributed by atoms with Crippen LogP contribution < -0.4 is 10.3 Å². The van der Waals surface area contributed by atoms with Gasteiger partial charge < -0.3 is 0 Å². The van der Waals surface area contributed by atoms with Crippen molar-refractivity contribution < 1.29 is 14.4 Å². The Hall–Kier alpha value is -4.06. The number of carbonyl (C=O) groups is 3. The highest BCUT2D eigenvalue weighted by Gasteiger charge is 2.68. The molecule has 40 heavy (non-hydrogen) atoms. The maximum absolute atomic E-state index is 14.3. The van der Waals surface area contributed by atoms with Crippen molar-refractivity contribution in [3.63, 3.8) is 0 Å². The van der Waals surface area contributed by atoms with Gasteiger partial charge >= 0.3 is 0 Å². The molecule has 3 aromatic rings. The minimum atomic E-state index is -0.976. The Bertz CT molecular complexity index is 1570. The monoisotopic (exact) mass is 529 g/mol. The third-order valence-electron chi connectivity index (χ3n) is 10.8. The number of anilines is 1. The molecule has 2 saturated carbocycles. The molecule has 9 rings (SSSR count). The summed E-state index contributed by atoms with van der Waals surface area (Å²) in [5, 5.41) is 4.62. The molecule has 3 amide bonds. The molecule has 1 aliphatic heterocycles. The van der Waals surface area contributed by atoms with Gasteiger partial charge in [0, 0.05) is 18.1 Å². The van der Waals surface area contributed by atoms with Crippen molar-refractivity contribution >= 4 is 29.6 Å². The van der Waals surface area contributed by atoms with Gasteiger partial charge in [-0.15, -0.1) is 0 Å². The van der Waals surface area contributed by atoms with E-state index in [1.807, 2.05) is 54.6 Å². The third kappa shape index (κ3) is 2.89. The Balaban J connectivity index is 1.26. The minimum Gasteiger partial charge on any atom is -0.274 e. The first kappa shape index (κ1) is 23.8. The Morgan fingerprint density at radius 2 is 1.55 bits per heavy atom. The number of hydrogen-bond acceptors (Lipinski definition) is 4. The zero-order chi connectivity index (χ0) is 27.2. The molecule has 0 spiro atoms. The average molecular weight is 530 g/mol. The Morgan fingerprint density at radius 1 is 0.900 bits per heavy atom. The summed E-state index contributed by atoms with van der Waals surface area (Å²) >= 11 is 0. The molecule has 3 fully saturated rings. The van der Waals surface area contributed by atoms with Crippen LogP contribution in [0.1, 0.15) is 60.8 Å². The van der Waals surface area contributed by atoms with Crippen LogP contribution in [0, 0.1) is 29.1 Å². The van der Waals surface area contributed by atoms with Gasteiger partial charge in [0.1, 0.15) is 0 Å². The lowest BCUT2D eigenvalue weighted by Crippen LogP contribution is -2.54. The number of hydrazone groups is 1. The van der Waals surface area contributed by atoms with Crippen molar-refractivity contribution in [2.24, 2.45) is 34.2 Å². The summed E-state index contributed by atoms with van der Waals surface area (Å²) in [7, 11) is 0. The largest absolute Gasteiger partial charge is 0.274 e. The SMILES string of the molecule is CC12CCCCC1C2C(=O)NN=CC12c3ccccc3C(c3ccccc31)C1C(=O)N(c3ccccc3)C(=O)C12. The maximum atomic E-state index is 14.3. The number of amides is 3. The van der Waals surface area contributed by atoms with Gasteiger partial charge in [-0.2, -0.15) is 5.10 Å². The van der Waals surface area contributed by atoms with E-state index in [1.165, 1.54) is 17.7 Å². The minimum absolute atomic E-state index is 0.0117. The molecule has 200 valence electrons. The summed E-state index contributed by atoms with van der Waals surface area (Å²) < 4.78 is 0. The van der Waals surface area contributed by atoms with Gasteiger partial charge in [0.2, 0.25) is 17.7 Å². The van der Waals surface area contributed by atoms with E-state index < -0.39 is 17.3 Å². The second kappa shape index (κ2) is 8.23. The van der Waals surface area contributed by atoms with Crippen molar-refractivity contribution in [3.05, 3.63) is 101 Å². The Kier molecular flexibility index (Phi) is 4.89. The molecular weight excluding hydrogens is 498 g/mol. The van der Waals surface area contributed by atoms with Gasteiger partial charge in [0.15, 0.2) is 0 Å². The molecule has 5 aliphatic carbocycles. The molecule has 1 N–H and O–H groups in total. The zero-order valence-corrected chi connectivity index (χ0v) is 22.4. The van der Waals surface area contributed by atoms with Gasteiger partial charge in [-0.05, 0) is 58.6 Å². The molecule has 5 atom stereocenters. The molecule has 3 aromatic carbocycles. The van der Waals surface area contributed by atoms with Gasteiger partial charge in [-0.25, -0.2) is 10.3 Å². The number of para-hydroxylation sites is 1. The molecule has 0 aromatic heterocycles. The molecule has 6 aliphatic rings. The lowest BCUT2D eigenvalue weighted by molar-refractivity contribution is -0.124. The summed E-state index contributed by atoms with van der Waals surface area (Å²) in [6.45, 7) is 2.23. The van der Waals surface area contributed by atoms with Crippen molar-refractivity contribution in [3.8, 4) is 0 Å². The number of nitrogens with zero attached hydrogens (tertiary/aromatic N) is 2. The predicted molar refractivity (Wildman–Crippen MR) is 152 cm³/mol. The van der Waals surface area contributed by atoms with Gasteiger partial charge in [-0.1, -0.05) is 86.5 Å². The average Bonchev–Trinajstić information content (AvgIpc) is 3.53. The maximum Gasteiger partial charge on any atom is 0.244 e. The van der Waals surface area contributed by atoms with E-state index in [2.05, 4.69) is 41.7 Å². The van der Waals surface area contributed by atoms with Crippen LogP contribution in [-0.4, -0.2) is 23.9 Å². The number of benzene rings is 3. The van der Waals surface area contributed by atoms with E-state index in [9.17, 15) is 14.4 Å². The summed E-state index contributed by atoms with van der Waals surface area (Å²) in [6, 6.07) is 25.4. The standard InChI is InChI=1S/C34H31N3O3/c1-33-18-10-9-17-25(33)28(33)30(38)36-35-19-34-23-15-7-5-13-21(23)26(22-14-6-8-16-24(22)34)27-29(34)32(40)37(31(27)39)20-11-3-2-4-12-20/h2-8,11-16,19,25-29H,9-10,17-18H2,1H3,(H,36,38). The van der Waals surface area contributed by atoms with Crippen LogP contribution in [0.5, 0.6) is 0 Å². The van der Waals surface area contributed by atoms with Crippen molar-refractivity contribution in [2.45, 2.75) is 43.9 Å². The molecule has 2 bridgehead atoms. The smallest absolute Gasteiger partial charge is 0.244 e. The van der Waals surface area contributed by atoms with E-state index in [0.29, 0.717) is 11.6 Å². The van der Waals surface area contributed by atoms with E-state index in [-0.39, 0.29) is 35.0 Å². The fraction of sp³-hybridized carbons (Fsp3) is 0.353. The summed E-state index contributed by atoms with van der Waals surface area (Å²) in [4.78, 5) is 43.2. The van der Waals surface area contributed by atoms with Crippen molar-refractivity contribution in [1.29, 1.82) is 0 Å². The predicted octanol–water partition coefficient (Wildman–Crippen LogP) is 5.17. The van der Waals surface area contributed by atoms with Crippen LogP contribution >= 0.6 is 0 Å². The molecule has 5 unspecified atom stereocenters. The highest BCUT2D eigenvalue weighted by molar-refractivity contribution is 6.25. The molecule has 1 heterocycles. The second-order valence-electron chi connectivity index (χ2n) is 12.4. The fourth-order valence-electron chi connectivity index (χ4n) is 9.00. The summed E-state index contributed by atoms with van der Waals surface area (Å²) in [5.74, 6) is -1.44. The first-order chi connectivity index (χ1) is 19.5. The summed E-state index contributed by atoms with van der Waals surface area (Å²) in [6.07, 6.45) is 6.31. The lowest BCUT2D eigenvalue weighted by atomic mass is 9.47. The van der Waals surface area contributed by atoms with Crippen LogP contribution in [-0.2, 0) is 19.8 Å².